The summed E-state index contributed by atoms with van der Waals surface area (Å²) in [6.45, 7) is 6.02. The van der Waals surface area contributed by atoms with Crippen LogP contribution in [0.25, 0.3) is 0 Å². The van der Waals surface area contributed by atoms with Gasteiger partial charge in [-0.15, -0.1) is 0 Å². The van der Waals surface area contributed by atoms with E-state index in [-0.39, 0.29) is 12.2 Å². The lowest BCUT2D eigenvalue weighted by molar-refractivity contribution is -0.0269. The first kappa shape index (κ1) is 16.8. The first-order valence-electron chi connectivity index (χ1n) is 8.07. The molecule has 1 N–H and O–H groups in total. The zero-order chi connectivity index (χ0) is 15.6. The molecule has 1 saturated heterocycles. The quantitative estimate of drug-likeness (QED) is 0.786. The number of hydrogen-bond acceptors (Lipinski definition) is 4. The third-order valence-corrected chi connectivity index (χ3v) is 3.68. The van der Waals surface area contributed by atoms with E-state index >= 15 is 0 Å². The predicted molar refractivity (Wildman–Crippen MR) is 85.7 cm³/mol. The predicted octanol–water partition coefficient (Wildman–Crippen LogP) is 2.41. The third kappa shape index (κ3) is 5.66. The molecule has 2 rings (SSSR count). The number of nitrogens with zero attached hydrogens (tertiary/aromatic N) is 1. The van der Waals surface area contributed by atoms with E-state index in [0.29, 0.717) is 26.3 Å². The number of amides is 1. The molecule has 0 radical (unpaired) electrons. The minimum absolute atomic E-state index is 0.0508. The monoisotopic (exact) mass is 306 g/mol. The van der Waals surface area contributed by atoms with Crippen LogP contribution in [0.4, 0.5) is 4.79 Å². The van der Waals surface area contributed by atoms with Crippen molar-refractivity contribution in [1.82, 2.24) is 10.2 Å². The van der Waals surface area contributed by atoms with Crippen LogP contribution in [0.1, 0.15) is 25.3 Å². The summed E-state index contributed by atoms with van der Waals surface area (Å²) in [6.07, 6.45) is 2.13. The van der Waals surface area contributed by atoms with Crippen LogP contribution in [0, 0.1) is 0 Å². The maximum absolute atomic E-state index is 12.1. The van der Waals surface area contributed by atoms with E-state index < -0.39 is 0 Å². The molecule has 0 aromatic heterocycles. The Morgan fingerprint density at radius 2 is 2.23 bits per heavy atom. The van der Waals surface area contributed by atoms with Gasteiger partial charge in [0.05, 0.1) is 19.3 Å². The van der Waals surface area contributed by atoms with Crippen LogP contribution < -0.4 is 5.32 Å². The third-order valence-electron chi connectivity index (χ3n) is 3.68. The van der Waals surface area contributed by atoms with E-state index in [9.17, 15) is 4.79 Å². The number of nitrogens with one attached hydrogen (secondary N) is 1. The first-order chi connectivity index (χ1) is 10.8. The van der Waals surface area contributed by atoms with Gasteiger partial charge in [0.25, 0.3) is 0 Å². The fraction of sp³-hybridized carbons (Fsp3) is 0.588. The molecule has 1 aliphatic rings. The van der Waals surface area contributed by atoms with Crippen molar-refractivity contribution in [3.8, 4) is 0 Å². The first-order valence-corrected chi connectivity index (χ1v) is 8.07. The fourth-order valence-corrected chi connectivity index (χ4v) is 2.38. The van der Waals surface area contributed by atoms with Gasteiger partial charge in [-0.25, -0.2) is 4.79 Å². The van der Waals surface area contributed by atoms with Gasteiger partial charge in [0.15, 0.2) is 0 Å². The molecule has 1 atom stereocenters. The molecule has 1 amide bonds. The van der Waals surface area contributed by atoms with Gasteiger partial charge in [0.2, 0.25) is 0 Å². The van der Waals surface area contributed by atoms with Gasteiger partial charge >= 0.3 is 6.09 Å². The Morgan fingerprint density at radius 3 is 3.00 bits per heavy atom. The van der Waals surface area contributed by atoms with Crippen molar-refractivity contribution >= 4 is 6.09 Å². The summed E-state index contributed by atoms with van der Waals surface area (Å²) in [7, 11) is 0. The second-order valence-electron chi connectivity index (χ2n) is 5.54. The Balaban J connectivity index is 1.70. The SMILES string of the molecule is CCCCNCC1CN(C(=O)OCc2ccccc2)CCO1. The lowest BCUT2D eigenvalue weighted by Crippen LogP contribution is -2.49. The molecule has 122 valence electrons. The van der Waals surface area contributed by atoms with E-state index in [1.165, 1.54) is 6.42 Å². The minimum Gasteiger partial charge on any atom is -0.445 e. The molecular weight excluding hydrogens is 280 g/mol. The number of morpholine rings is 1. The highest BCUT2D eigenvalue weighted by Crippen LogP contribution is 2.08. The standard InChI is InChI=1S/C17H26N2O3/c1-2-3-9-18-12-16-13-19(10-11-21-16)17(20)22-14-15-7-5-4-6-8-15/h4-8,16,18H,2-3,9-14H2,1H3. The second kappa shape index (κ2) is 9.43. The van der Waals surface area contributed by atoms with E-state index in [1.54, 1.807) is 4.90 Å². The highest BCUT2D eigenvalue weighted by Gasteiger charge is 2.24. The largest absolute Gasteiger partial charge is 0.445 e. The number of unbranched alkanes of at least 4 members (excludes halogenated alkanes) is 1. The highest BCUT2D eigenvalue weighted by atomic mass is 16.6. The van der Waals surface area contributed by atoms with Crippen LogP contribution >= 0.6 is 0 Å². The summed E-state index contributed by atoms with van der Waals surface area (Å²) >= 11 is 0. The molecule has 1 fully saturated rings. The second-order valence-corrected chi connectivity index (χ2v) is 5.54. The molecule has 0 saturated carbocycles. The van der Waals surface area contributed by atoms with Gasteiger partial charge in [-0.2, -0.15) is 0 Å². The summed E-state index contributed by atoms with van der Waals surface area (Å²) in [5, 5.41) is 3.37. The lowest BCUT2D eigenvalue weighted by atomic mass is 10.2. The van der Waals surface area contributed by atoms with Crippen LogP contribution in [-0.2, 0) is 16.1 Å². The molecule has 1 heterocycles. The van der Waals surface area contributed by atoms with Crippen molar-refractivity contribution < 1.29 is 14.3 Å². The van der Waals surface area contributed by atoms with Crippen molar-refractivity contribution in [2.24, 2.45) is 0 Å². The molecule has 5 nitrogen and oxygen atoms in total. The zero-order valence-corrected chi connectivity index (χ0v) is 13.3. The van der Waals surface area contributed by atoms with E-state index in [4.69, 9.17) is 9.47 Å². The Morgan fingerprint density at radius 1 is 1.41 bits per heavy atom. The minimum atomic E-state index is -0.259. The van der Waals surface area contributed by atoms with E-state index in [0.717, 1.165) is 25.1 Å². The number of hydrogen-bond donors (Lipinski definition) is 1. The summed E-state index contributed by atoms with van der Waals surface area (Å²) in [5.74, 6) is 0. The number of carbonyl (C=O) groups is 1. The number of ether oxygens (including phenoxy) is 2. The Kier molecular flexibility index (Phi) is 7.19. The number of rotatable bonds is 7. The Hall–Kier alpha value is -1.59. The van der Waals surface area contributed by atoms with Crippen molar-refractivity contribution in [2.75, 3.05) is 32.8 Å². The van der Waals surface area contributed by atoms with Crippen LogP contribution in [0.2, 0.25) is 0 Å². The molecule has 1 aliphatic heterocycles. The van der Waals surface area contributed by atoms with Gasteiger partial charge in [-0.05, 0) is 18.5 Å². The average Bonchev–Trinajstić information content (AvgIpc) is 2.58. The molecular formula is C17H26N2O3. The topological polar surface area (TPSA) is 50.8 Å². The fourth-order valence-electron chi connectivity index (χ4n) is 2.38. The van der Waals surface area contributed by atoms with Gasteiger partial charge in [0, 0.05) is 13.1 Å². The lowest BCUT2D eigenvalue weighted by Gasteiger charge is -2.32. The molecule has 1 aromatic rings. The van der Waals surface area contributed by atoms with Crippen LogP contribution in [0.5, 0.6) is 0 Å². The molecule has 1 unspecified atom stereocenters. The van der Waals surface area contributed by atoms with Crippen LogP contribution in [0.15, 0.2) is 30.3 Å². The van der Waals surface area contributed by atoms with E-state index in [1.807, 2.05) is 30.3 Å². The molecule has 5 heteroatoms. The zero-order valence-electron chi connectivity index (χ0n) is 13.3. The van der Waals surface area contributed by atoms with Crippen molar-refractivity contribution in [1.29, 1.82) is 0 Å². The van der Waals surface area contributed by atoms with Gasteiger partial charge in [-0.3, -0.25) is 0 Å². The number of benzene rings is 1. The smallest absolute Gasteiger partial charge is 0.410 e. The molecule has 0 bridgehead atoms. The summed E-state index contributed by atoms with van der Waals surface area (Å²) in [6, 6.07) is 9.73. The average molecular weight is 306 g/mol. The molecule has 22 heavy (non-hydrogen) atoms. The normalized spacial score (nSPS) is 18.2. The molecule has 0 aliphatic carbocycles. The van der Waals surface area contributed by atoms with Gasteiger partial charge in [-0.1, -0.05) is 43.7 Å². The van der Waals surface area contributed by atoms with Gasteiger partial charge < -0.3 is 19.7 Å². The molecule has 0 spiro atoms. The van der Waals surface area contributed by atoms with E-state index in [2.05, 4.69) is 12.2 Å². The Labute approximate surface area is 132 Å². The van der Waals surface area contributed by atoms with Crippen molar-refractivity contribution in [3.63, 3.8) is 0 Å². The summed E-state index contributed by atoms with van der Waals surface area (Å²) < 4.78 is 11.1. The Bertz CT molecular complexity index is 439. The van der Waals surface area contributed by atoms with Crippen molar-refractivity contribution in [3.05, 3.63) is 35.9 Å². The highest BCUT2D eigenvalue weighted by molar-refractivity contribution is 5.67. The van der Waals surface area contributed by atoms with Crippen molar-refractivity contribution in [2.45, 2.75) is 32.5 Å². The number of carbonyl (C=O) groups excluding carboxylic acids is 1. The maximum Gasteiger partial charge on any atom is 0.410 e. The van der Waals surface area contributed by atoms with Crippen LogP contribution in [0.3, 0.4) is 0 Å². The summed E-state index contributed by atoms with van der Waals surface area (Å²) in [4.78, 5) is 13.9. The summed E-state index contributed by atoms with van der Waals surface area (Å²) in [5.41, 5.74) is 1.00. The van der Waals surface area contributed by atoms with Gasteiger partial charge in [0.1, 0.15) is 6.61 Å². The molecule has 1 aromatic carbocycles. The maximum atomic E-state index is 12.1. The van der Waals surface area contributed by atoms with Crippen LogP contribution in [-0.4, -0.2) is 49.9 Å².